The van der Waals surface area contributed by atoms with Gasteiger partial charge < -0.3 is 5.11 Å². The van der Waals surface area contributed by atoms with Crippen molar-refractivity contribution in [1.29, 1.82) is 0 Å². The highest BCUT2D eigenvalue weighted by molar-refractivity contribution is 6.17. The van der Waals surface area contributed by atoms with Crippen molar-refractivity contribution in [2.45, 2.75) is 46.0 Å². The van der Waals surface area contributed by atoms with E-state index in [9.17, 15) is 4.79 Å². The van der Waals surface area contributed by atoms with E-state index < -0.39 is 5.97 Å². The maximum absolute atomic E-state index is 10.5. The molecule has 0 spiro atoms. The molecule has 1 N–H and O–H groups in total. The third-order valence-electron chi connectivity index (χ3n) is 2.46. The number of unbranched alkanes of at least 4 members (excludes halogenated alkanes) is 2. The Hall–Kier alpha value is -1.03. The van der Waals surface area contributed by atoms with Gasteiger partial charge in [-0.2, -0.15) is 5.10 Å². The van der Waals surface area contributed by atoms with Crippen LogP contribution in [0.3, 0.4) is 0 Å². The van der Waals surface area contributed by atoms with Gasteiger partial charge in [-0.25, -0.2) is 4.79 Å². The molecule has 4 nitrogen and oxygen atoms in total. The monoisotopic (exact) mass is 274 g/mol. The van der Waals surface area contributed by atoms with Crippen LogP contribution in [0.5, 0.6) is 0 Å². The molecule has 0 saturated heterocycles. The zero-order valence-electron chi connectivity index (χ0n) is 11.6. The van der Waals surface area contributed by atoms with Gasteiger partial charge in [-0.15, -0.1) is 11.6 Å². The summed E-state index contributed by atoms with van der Waals surface area (Å²) in [6.07, 6.45) is 3.73. The average molecular weight is 275 g/mol. The van der Waals surface area contributed by atoms with Gasteiger partial charge in [0.1, 0.15) is 0 Å². The SMILES string of the molecule is CC(C)c1cc(C(=O)O)nn1C.CCCCCCl. The second kappa shape index (κ2) is 8.97. The molecule has 0 radical (unpaired) electrons. The highest BCUT2D eigenvalue weighted by atomic mass is 35.5. The van der Waals surface area contributed by atoms with Crippen LogP contribution < -0.4 is 0 Å². The molecule has 0 fully saturated rings. The van der Waals surface area contributed by atoms with Gasteiger partial charge in [0.15, 0.2) is 5.69 Å². The summed E-state index contributed by atoms with van der Waals surface area (Å²) in [5.41, 5.74) is 1.05. The molecule has 0 saturated carbocycles. The van der Waals surface area contributed by atoms with Crippen LogP contribution in [0.2, 0.25) is 0 Å². The van der Waals surface area contributed by atoms with Gasteiger partial charge in [0.25, 0.3) is 0 Å². The van der Waals surface area contributed by atoms with Gasteiger partial charge in [-0.3, -0.25) is 4.68 Å². The number of carboxylic acid groups (broad SMARTS) is 1. The molecule has 0 unspecified atom stereocenters. The number of alkyl halides is 1. The van der Waals surface area contributed by atoms with E-state index in [4.69, 9.17) is 16.7 Å². The van der Waals surface area contributed by atoms with Crippen molar-refractivity contribution in [2.24, 2.45) is 7.05 Å². The number of halogens is 1. The molecule has 0 aliphatic carbocycles. The number of aromatic carboxylic acids is 1. The molecular formula is C13H23ClN2O2. The van der Waals surface area contributed by atoms with Crippen LogP contribution in [0.1, 0.15) is 62.1 Å². The smallest absolute Gasteiger partial charge is 0.356 e. The summed E-state index contributed by atoms with van der Waals surface area (Å²) in [4.78, 5) is 10.5. The Balaban J connectivity index is 0.000000411. The van der Waals surface area contributed by atoms with E-state index in [-0.39, 0.29) is 5.69 Å². The fourth-order valence-electron chi connectivity index (χ4n) is 1.47. The predicted octanol–water partition coefficient (Wildman–Crippen LogP) is 3.66. The van der Waals surface area contributed by atoms with Crippen LogP contribution >= 0.6 is 11.6 Å². The van der Waals surface area contributed by atoms with Crippen LogP contribution in [-0.2, 0) is 7.05 Å². The molecule has 18 heavy (non-hydrogen) atoms. The largest absolute Gasteiger partial charge is 0.476 e. The summed E-state index contributed by atoms with van der Waals surface area (Å²) in [6, 6.07) is 1.60. The summed E-state index contributed by atoms with van der Waals surface area (Å²) in [7, 11) is 1.75. The standard InChI is InChI=1S/C8H12N2O2.C5H11Cl/c1-5(2)7-4-6(8(11)12)9-10(7)3;1-2-3-4-5-6/h4-5H,1-3H3,(H,11,12);2-5H2,1H3. The van der Waals surface area contributed by atoms with Gasteiger partial charge in [0.05, 0.1) is 0 Å². The first-order valence-corrected chi connectivity index (χ1v) is 6.80. The summed E-state index contributed by atoms with van der Waals surface area (Å²) in [5.74, 6) is 0.154. The fraction of sp³-hybridized carbons (Fsp3) is 0.692. The normalized spacial score (nSPS) is 10.1. The first kappa shape index (κ1) is 17.0. The van der Waals surface area contributed by atoms with E-state index in [1.807, 2.05) is 13.8 Å². The van der Waals surface area contributed by atoms with E-state index in [0.717, 1.165) is 11.6 Å². The summed E-state index contributed by atoms with van der Waals surface area (Å²) in [5, 5.41) is 12.5. The molecule has 1 aromatic heterocycles. The molecule has 0 aliphatic heterocycles. The Labute approximate surface area is 114 Å². The highest BCUT2D eigenvalue weighted by Crippen LogP contribution is 2.14. The summed E-state index contributed by atoms with van der Waals surface area (Å²) < 4.78 is 1.61. The molecule has 0 atom stereocenters. The van der Waals surface area contributed by atoms with E-state index in [1.165, 1.54) is 19.3 Å². The van der Waals surface area contributed by atoms with Gasteiger partial charge in [-0.1, -0.05) is 33.6 Å². The fourth-order valence-corrected chi connectivity index (χ4v) is 1.66. The first-order valence-electron chi connectivity index (χ1n) is 6.27. The number of hydrogen-bond acceptors (Lipinski definition) is 2. The lowest BCUT2D eigenvalue weighted by Crippen LogP contribution is -2.01. The second-order valence-corrected chi connectivity index (χ2v) is 4.81. The van der Waals surface area contributed by atoms with Crippen molar-refractivity contribution in [3.8, 4) is 0 Å². The van der Waals surface area contributed by atoms with E-state index in [1.54, 1.807) is 17.8 Å². The molecule has 0 amide bonds. The zero-order valence-corrected chi connectivity index (χ0v) is 12.4. The van der Waals surface area contributed by atoms with Gasteiger partial charge in [0.2, 0.25) is 0 Å². The quantitative estimate of drug-likeness (QED) is 0.658. The minimum Gasteiger partial charge on any atom is -0.476 e. The predicted molar refractivity (Wildman–Crippen MR) is 74.5 cm³/mol. The van der Waals surface area contributed by atoms with Crippen molar-refractivity contribution < 1.29 is 9.90 Å². The second-order valence-electron chi connectivity index (χ2n) is 4.43. The Bertz CT molecular complexity index is 358. The maximum Gasteiger partial charge on any atom is 0.356 e. The third-order valence-corrected chi connectivity index (χ3v) is 2.73. The maximum atomic E-state index is 10.5. The molecule has 1 rings (SSSR count). The van der Waals surface area contributed by atoms with Crippen LogP contribution in [0, 0.1) is 0 Å². The molecule has 0 aromatic carbocycles. The number of rotatable bonds is 5. The van der Waals surface area contributed by atoms with E-state index >= 15 is 0 Å². The average Bonchev–Trinajstić information content (AvgIpc) is 2.70. The molecule has 5 heteroatoms. The Morgan fingerprint density at radius 3 is 2.33 bits per heavy atom. The minimum atomic E-state index is -0.975. The van der Waals surface area contributed by atoms with Crippen molar-refractivity contribution in [3.63, 3.8) is 0 Å². The lowest BCUT2D eigenvalue weighted by atomic mass is 10.1. The number of carboxylic acids is 1. The molecule has 104 valence electrons. The Kier molecular flexibility index (Phi) is 8.46. The minimum absolute atomic E-state index is 0.112. The number of carbonyl (C=O) groups is 1. The first-order chi connectivity index (χ1) is 8.43. The van der Waals surface area contributed by atoms with E-state index in [0.29, 0.717) is 5.92 Å². The Morgan fingerprint density at radius 2 is 2.11 bits per heavy atom. The summed E-state index contributed by atoms with van der Waals surface area (Å²) in [6.45, 7) is 6.18. The topological polar surface area (TPSA) is 55.1 Å². The van der Waals surface area contributed by atoms with Gasteiger partial charge in [-0.05, 0) is 18.4 Å². The van der Waals surface area contributed by atoms with Crippen molar-refractivity contribution >= 4 is 17.6 Å². The number of hydrogen-bond donors (Lipinski definition) is 1. The van der Waals surface area contributed by atoms with Gasteiger partial charge in [0, 0.05) is 18.6 Å². The number of aromatic nitrogens is 2. The van der Waals surface area contributed by atoms with Crippen molar-refractivity contribution in [3.05, 3.63) is 17.5 Å². The van der Waals surface area contributed by atoms with E-state index in [2.05, 4.69) is 12.0 Å². The molecule has 1 heterocycles. The van der Waals surface area contributed by atoms with Crippen molar-refractivity contribution in [1.82, 2.24) is 9.78 Å². The third kappa shape index (κ3) is 6.05. The van der Waals surface area contributed by atoms with Crippen LogP contribution in [0.25, 0.3) is 0 Å². The molecular weight excluding hydrogens is 252 g/mol. The summed E-state index contributed by atoms with van der Waals surface area (Å²) >= 11 is 5.38. The number of aryl methyl sites for hydroxylation is 1. The molecule has 0 aliphatic rings. The van der Waals surface area contributed by atoms with Gasteiger partial charge >= 0.3 is 5.97 Å². The highest BCUT2D eigenvalue weighted by Gasteiger charge is 2.12. The van der Waals surface area contributed by atoms with Crippen molar-refractivity contribution in [2.75, 3.05) is 5.88 Å². The lowest BCUT2D eigenvalue weighted by molar-refractivity contribution is 0.0689. The molecule has 1 aromatic rings. The molecule has 0 bridgehead atoms. The number of nitrogens with zero attached hydrogens (tertiary/aromatic N) is 2. The lowest BCUT2D eigenvalue weighted by Gasteiger charge is -2.02. The van der Waals surface area contributed by atoms with Crippen LogP contribution in [-0.4, -0.2) is 26.7 Å². The zero-order chi connectivity index (χ0) is 14.1. The Morgan fingerprint density at radius 1 is 1.50 bits per heavy atom. The van der Waals surface area contributed by atoms with Crippen LogP contribution in [0.4, 0.5) is 0 Å². The van der Waals surface area contributed by atoms with Crippen LogP contribution in [0.15, 0.2) is 6.07 Å².